The summed E-state index contributed by atoms with van der Waals surface area (Å²) in [5.74, 6) is 0.100. The summed E-state index contributed by atoms with van der Waals surface area (Å²) >= 11 is 1.09. The maximum Gasteiger partial charge on any atom is 0.184 e. The maximum atomic E-state index is 12.0. The summed E-state index contributed by atoms with van der Waals surface area (Å²) in [6, 6.07) is 0. The highest BCUT2D eigenvalue weighted by atomic mass is 32.2. The first-order chi connectivity index (χ1) is 9.04. The van der Waals surface area contributed by atoms with Gasteiger partial charge in [-0.15, -0.1) is 0 Å². The summed E-state index contributed by atoms with van der Waals surface area (Å²) in [5, 5.41) is 3.64. The second-order valence-corrected chi connectivity index (χ2v) is 7.49. The number of hydrogen-bond acceptors (Lipinski definition) is 7. The lowest BCUT2D eigenvalue weighted by atomic mass is 10.1. The van der Waals surface area contributed by atoms with Crippen LogP contribution in [0.5, 0.6) is 0 Å². The van der Waals surface area contributed by atoms with Crippen molar-refractivity contribution >= 4 is 32.2 Å². The Bertz CT molecular complexity index is 521. The molecule has 8 heteroatoms. The fourth-order valence-electron chi connectivity index (χ4n) is 2.03. The van der Waals surface area contributed by atoms with Gasteiger partial charge < -0.3 is 15.8 Å². The fraction of sp³-hybridized carbons (Fsp3) is 0.727. The van der Waals surface area contributed by atoms with Gasteiger partial charge in [-0.2, -0.15) is 4.37 Å². The van der Waals surface area contributed by atoms with Gasteiger partial charge in [-0.3, -0.25) is 0 Å². The van der Waals surface area contributed by atoms with E-state index in [1.807, 2.05) is 0 Å². The smallest absolute Gasteiger partial charge is 0.184 e. The molecular formula is C11H19N3O3S2. The van der Waals surface area contributed by atoms with Crippen LogP contribution < -0.4 is 11.1 Å². The van der Waals surface area contributed by atoms with Crippen LogP contribution in [0.3, 0.4) is 0 Å². The van der Waals surface area contributed by atoms with E-state index in [1.165, 1.54) is 0 Å². The molecule has 0 aromatic carbocycles. The van der Waals surface area contributed by atoms with E-state index < -0.39 is 9.84 Å². The number of nitrogens with one attached hydrogen (secondary N) is 1. The maximum absolute atomic E-state index is 12.0. The Labute approximate surface area is 117 Å². The van der Waals surface area contributed by atoms with E-state index in [0.29, 0.717) is 11.5 Å². The predicted molar refractivity (Wildman–Crippen MR) is 76.3 cm³/mol. The summed E-state index contributed by atoms with van der Waals surface area (Å²) < 4.78 is 33.5. The number of ether oxygens (including phenoxy) is 1. The van der Waals surface area contributed by atoms with E-state index in [-0.39, 0.29) is 22.6 Å². The Hall–Kier alpha value is -0.860. The molecule has 2 heterocycles. The third-order valence-electron chi connectivity index (χ3n) is 3.13. The van der Waals surface area contributed by atoms with E-state index in [4.69, 9.17) is 10.5 Å². The summed E-state index contributed by atoms with van der Waals surface area (Å²) in [6.07, 6.45) is 3.38. The number of anilines is 2. The van der Waals surface area contributed by atoms with Gasteiger partial charge in [-0.05, 0) is 30.8 Å². The number of nitrogens with two attached hydrogens (primary N) is 1. The number of nitrogen functional groups attached to an aromatic ring is 1. The Kier molecular flexibility index (Phi) is 4.64. The first-order valence-electron chi connectivity index (χ1n) is 6.38. The molecule has 1 aromatic heterocycles. The highest BCUT2D eigenvalue weighted by molar-refractivity contribution is 7.91. The van der Waals surface area contributed by atoms with Crippen molar-refractivity contribution in [2.75, 3.05) is 30.0 Å². The normalized spacial score (nSPS) is 20.4. The number of rotatable bonds is 5. The van der Waals surface area contributed by atoms with Crippen LogP contribution in [0.25, 0.3) is 0 Å². The highest BCUT2D eigenvalue weighted by Gasteiger charge is 2.24. The molecule has 1 aromatic rings. The molecule has 1 unspecified atom stereocenters. The first-order valence-corrected chi connectivity index (χ1v) is 8.80. The van der Waals surface area contributed by atoms with Crippen LogP contribution in [0.4, 0.5) is 10.8 Å². The third-order valence-corrected chi connectivity index (χ3v) is 5.87. The number of hydrogen-bond donors (Lipinski definition) is 2. The molecule has 0 saturated carbocycles. The minimum Gasteiger partial charge on any atom is -0.382 e. The quantitative estimate of drug-likeness (QED) is 0.856. The molecule has 0 amide bonds. The predicted octanol–water partition coefficient (Wildman–Crippen LogP) is 1.50. The summed E-state index contributed by atoms with van der Waals surface area (Å²) in [7, 11) is -3.35. The van der Waals surface area contributed by atoms with Crippen LogP contribution in [0.2, 0.25) is 0 Å². The molecule has 6 nitrogen and oxygen atoms in total. The zero-order valence-electron chi connectivity index (χ0n) is 10.9. The molecule has 1 atom stereocenters. The molecule has 0 radical (unpaired) electrons. The van der Waals surface area contributed by atoms with Gasteiger partial charge in [0.25, 0.3) is 0 Å². The lowest BCUT2D eigenvalue weighted by Gasteiger charge is -2.22. The summed E-state index contributed by atoms with van der Waals surface area (Å²) in [5.41, 5.74) is 5.66. The molecule has 1 saturated heterocycles. The summed E-state index contributed by atoms with van der Waals surface area (Å²) in [6.45, 7) is 2.96. The minimum absolute atomic E-state index is 0.0181. The molecule has 0 spiro atoms. The second-order valence-electron chi connectivity index (χ2n) is 4.50. The van der Waals surface area contributed by atoms with E-state index in [1.54, 1.807) is 6.92 Å². The topological polar surface area (TPSA) is 94.3 Å². The molecule has 1 aliphatic heterocycles. The second kappa shape index (κ2) is 6.06. The lowest BCUT2D eigenvalue weighted by Crippen LogP contribution is -2.27. The Morgan fingerprint density at radius 2 is 2.32 bits per heavy atom. The van der Waals surface area contributed by atoms with Crippen LogP contribution in [0.1, 0.15) is 26.2 Å². The Morgan fingerprint density at radius 1 is 1.53 bits per heavy atom. The fourth-order valence-corrected chi connectivity index (χ4v) is 4.20. The van der Waals surface area contributed by atoms with Crippen LogP contribution in [0.15, 0.2) is 4.90 Å². The molecule has 0 aliphatic carbocycles. The molecule has 1 fully saturated rings. The molecular weight excluding hydrogens is 286 g/mol. The van der Waals surface area contributed by atoms with Crippen molar-refractivity contribution in [1.29, 1.82) is 0 Å². The standard InChI is InChI=1S/C11H19N3O3S2/c1-2-19(15,16)9-10(12)14-18-11(9)13-7-8-5-3-4-6-17-8/h8,13H,2-7H2,1H3,(H2,12,14). The van der Waals surface area contributed by atoms with Crippen molar-refractivity contribution in [1.82, 2.24) is 4.37 Å². The van der Waals surface area contributed by atoms with Gasteiger partial charge in [0.05, 0.1) is 11.9 Å². The molecule has 3 N–H and O–H groups in total. The van der Waals surface area contributed by atoms with Crippen molar-refractivity contribution in [2.24, 2.45) is 0 Å². The van der Waals surface area contributed by atoms with E-state index >= 15 is 0 Å². The third kappa shape index (κ3) is 3.37. The number of nitrogens with zero attached hydrogens (tertiary/aromatic N) is 1. The van der Waals surface area contributed by atoms with Gasteiger partial charge in [0.2, 0.25) is 0 Å². The number of aromatic nitrogens is 1. The number of sulfone groups is 1. The van der Waals surface area contributed by atoms with Crippen LogP contribution in [-0.2, 0) is 14.6 Å². The minimum atomic E-state index is -3.35. The van der Waals surface area contributed by atoms with Crippen molar-refractivity contribution in [3.63, 3.8) is 0 Å². The Morgan fingerprint density at radius 3 is 2.95 bits per heavy atom. The molecule has 19 heavy (non-hydrogen) atoms. The lowest BCUT2D eigenvalue weighted by molar-refractivity contribution is 0.0248. The molecule has 108 valence electrons. The van der Waals surface area contributed by atoms with Crippen LogP contribution in [0, 0.1) is 0 Å². The molecule has 0 bridgehead atoms. The highest BCUT2D eigenvalue weighted by Crippen LogP contribution is 2.32. The molecule has 2 rings (SSSR count). The van der Waals surface area contributed by atoms with Gasteiger partial charge in [0.1, 0.15) is 9.90 Å². The van der Waals surface area contributed by atoms with Crippen molar-refractivity contribution in [2.45, 2.75) is 37.2 Å². The first kappa shape index (κ1) is 14.5. The SMILES string of the molecule is CCS(=O)(=O)c1c(N)nsc1NCC1CCCCO1. The van der Waals surface area contributed by atoms with E-state index in [9.17, 15) is 8.42 Å². The van der Waals surface area contributed by atoms with Crippen molar-refractivity contribution in [3.05, 3.63) is 0 Å². The van der Waals surface area contributed by atoms with E-state index in [2.05, 4.69) is 9.69 Å². The van der Waals surface area contributed by atoms with Gasteiger partial charge >= 0.3 is 0 Å². The van der Waals surface area contributed by atoms with Crippen molar-refractivity contribution in [3.8, 4) is 0 Å². The van der Waals surface area contributed by atoms with Gasteiger partial charge in [-0.1, -0.05) is 6.92 Å². The Balaban J connectivity index is 2.08. The zero-order chi connectivity index (χ0) is 13.9. The van der Waals surface area contributed by atoms with Gasteiger partial charge in [-0.25, -0.2) is 8.42 Å². The monoisotopic (exact) mass is 305 g/mol. The summed E-state index contributed by atoms with van der Waals surface area (Å²) in [4.78, 5) is 0.135. The zero-order valence-corrected chi connectivity index (χ0v) is 12.5. The molecule has 1 aliphatic rings. The van der Waals surface area contributed by atoms with E-state index in [0.717, 1.165) is 37.4 Å². The van der Waals surface area contributed by atoms with Crippen molar-refractivity contribution < 1.29 is 13.2 Å². The largest absolute Gasteiger partial charge is 0.382 e. The van der Waals surface area contributed by atoms with Gasteiger partial charge in [0, 0.05) is 13.2 Å². The average Bonchev–Trinajstić information content (AvgIpc) is 2.79. The van der Waals surface area contributed by atoms with Crippen LogP contribution in [-0.4, -0.2) is 37.8 Å². The average molecular weight is 305 g/mol. The van der Waals surface area contributed by atoms with Gasteiger partial charge in [0.15, 0.2) is 15.7 Å². The van der Waals surface area contributed by atoms with Crippen LogP contribution >= 0.6 is 11.5 Å².